The second-order valence-corrected chi connectivity index (χ2v) is 11.6. The summed E-state index contributed by atoms with van der Waals surface area (Å²) in [5.41, 5.74) is 7.40. The van der Waals surface area contributed by atoms with E-state index in [0.717, 1.165) is 44.9 Å². The first-order valence-corrected chi connectivity index (χ1v) is 12.4. The van der Waals surface area contributed by atoms with Gasteiger partial charge in [-0.15, -0.1) is 0 Å². The molecule has 1 aromatic rings. The van der Waals surface area contributed by atoms with Gasteiger partial charge >= 0.3 is 0 Å². The predicted octanol–water partition coefficient (Wildman–Crippen LogP) is 4.06. The number of nitriles is 2. The van der Waals surface area contributed by atoms with E-state index in [0.29, 0.717) is 35.2 Å². The first kappa shape index (κ1) is 21.7. The normalized spacial score (nSPS) is 45.1. The summed E-state index contributed by atoms with van der Waals surface area (Å²) in [5.74, 6) is 2.77. The predicted molar refractivity (Wildman–Crippen MR) is 120 cm³/mol. The van der Waals surface area contributed by atoms with Crippen LogP contribution in [0.2, 0.25) is 0 Å². The molecule has 4 aliphatic carbocycles. The average Bonchev–Trinajstić information content (AvgIpc) is 3.37. The number of fused-ring (bicyclic) bond motifs is 5. The highest BCUT2D eigenvalue weighted by Crippen LogP contribution is 2.65. The number of hydrogen-bond acceptors (Lipinski definition) is 5. The maximum absolute atomic E-state index is 13.3. The Morgan fingerprint density at radius 3 is 2.75 bits per heavy atom. The molecule has 0 amide bonds. The van der Waals surface area contributed by atoms with Gasteiger partial charge in [0.2, 0.25) is 0 Å². The number of rotatable bonds is 3. The Labute approximate surface area is 191 Å². The summed E-state index contributed by atoms with van der Waals surface area (Å²) in [4.78, 5) is 13.3. The Morgan fingerprint density at radius 2 is 2.03 bits per heavy atom. The maximum atomic E-state index is 13.3. The van der Waals surface area contributed by atoms with Gasteiger partial charge in [-0.25, -0.2) is 0 Å². The SMILES string of the molecule is C[C@H]1CC(C#N)[C@@]2(N)[C@H](CC[C@H]3[C@@H]4CC[C@H](C(=O)Cn5cc(C#N)cn5)[C@@]4(C)CC[C@@H]32)C1. The van der Waals surface area contributed by atoms with Crippen LogP contribution < -0.4 is 5.73 Å². The average molecular weight is 434 g/mol. The summed E-state index contributed by atoms with van der Waals surface area (Å²) in [6.45, 7) is 4.87. The van der Waals surface area contributed by atoms with Crippen LogP contribution in [0.4, 0.5) is 0 Å². The van der Waals surface area contributed by atoms with Crippen molar-refractivity contribution in [2.75, 3.05) is 0 Å². The second kappa shape index (κ2) is 7.70. The number of nitrogens with two attached hydrogens (primary N) is 1. The van der Waals surface area contributed by atoms with Gasteiger partial charge in [-0.3, -0.25) is 9.48 Å². The Bertz CT molecular complexity index is 987. The van der Waals surface area contributed by atoms with Crippen LogP contribution in [0.3, 0.4) is 0 Å². The van der Waals surface area contributed by atoms with Crippen molar-refractivity contribution in [3.63, 3.8) is 0 Å². The summed E-state index contributed by atoms with van der Waals surface area (Å²) in [5, 5.41) is 23.2. The number of carbonyl (C=O) groups is 1. The zero-order chi connectivity index (χ0) is 22.7. The molecule has 1 heterocycles. The van der Waals surface area contributed by atoms with E-state index >= 15 is 0 Å². The number of aromatic nitrogens is 2. The Kier molecular flexibility index (Phi) is 5.21. The summed E-state index contributed by atoms with van der Waals surface area (Å²) in [6.07, 6.45) is 11.7. The van der Waals surface area contributed by atoms with Crippen LogP contribution in [0.1, 0.15) is 70.8 Å². The summed E-state index contributed by atoms with van der Waals surface area (Å²) in [7, 11) is 0. The van der Waals surface area contributed by atoms with Gasteiger partial charge in [-0.05, 0) is 86.4 Å². The van der Waals surface area contributed by atoms with Gasteiger partial charge in [-0.2, -0.15) is 15.6 Å². The van der Waals surface area contributed by atoms with Crippen molar-refractivity contribution in [1.82, 2.24) is 9.78 Å². The first-order chi connectivity index (χ1) is 15.3. The summed E-state index contributed by atoms with van der Waals surface area (Å²) < 4.78 is 1.62. The molecule has 4 saturated carbocycles. The van der Waals surface area contributed by atoms with Gasteiger partial charge in [0, 0.05) is 17.7 Å². The topological polar surface area (TPSA) is 108 Å². The minimum atomic E-state index is -0.351. The molecule has 0 saturated heterocycles. The zero-order valence-corrected chi connectivity index (χ0v) is 19.3. The minimum absolute atomic E-state index is 0.0107. The van der Waals surface area contributed by atoms with Crippen molar-refractivity contribution in [1.29, 1.82) is 10.5 Å². The molecule has 6 nitrogen and oxygen atoms in total. The standard InChI is InChI=1S/C26H35N5O/c1-16-9-18-3-4-20-21-5-6-23(24(32)15-31-14-17(11-27)13-30-31)25(21,2)8-7-22(20)26(18,29)19(10-16)12-28/h13-14,16,18-23H,3-10,15,29H2,1-2H3/t16-,18-,19?,20+,21+,22+,23-,25+,26+/m1/s1. The van der Waals surface area contributed by atoms with E-state index in [4.69, 9.17) is 11.0 Å². The minimum Gasteiger partial charge on any atom is -0.324 e. The molecule has 9 atom stereocenters. The molecule has 0 spiro atoms. The van der Waals surface area contributed by atoms with Crippen molar-refractivity contribution >= 4 is 5.78 Å². The summed E-state index contributed by atoms with van der Waals surface area (Å²) >= 11 is 0. The van der Waals surface area contributed by atoms with E-state index in [2.05, 4.69) is 31.1 Å². The Hall–Kier alpha value is -2.18. The molecule has 170 valence electrons. The number of hydrogen-bond donors (Lipinski definition) is 1. The van der Waals surface area contributed by atoms with E-state index in [1.807, 2.05) is 0 Å². The van der Waals surface area contributed by atoms with E-state index in [9.17, 15) is 10.1 Å². The fourth-order valence-electron chi connectivity index (χ4n) is 8.78. The maximum Gasteiger partial charge on any atom is 0.157 e. The fraction of sp³-hybridized carbons (Fsp3) is 0.769. The lowest BCUT2D eigenvalue weighted by atomic mass is 9.44. The fourth-order valence-corrected chi connectivity index (χ4v) is 8.78. The molecular weight excluding hydrogens is 398 g/mol. The molecule has 0 aromatic carbocycles. The van der Waals surface area contributed by atoms with Gasteiger partial charge in [0.15, 0.2) is 5.78 Å². The molecule has 4 aliphatic rings. The lowest BCUT2D eigenvalue weighted by molar-refractivity contribution is -0.133. The van der Waals surface area contributed by atoms with Crippen molar-refractivity contribution < 1.29 is 4.79 Å². The third-order valence-corrected chi connectivity index (χ3v) is 10.2. The number of Topliss-reactive ketones (excluding diaryl/α,β-unsaturated/α-hetero) is 1. The molecular formula is C26H35N5O. The van der Waals surface area contributed by atoms with Crippen LogP contribution in [0.15, 0.2) is 12.4 Å². The van der Waals surface area contributed by atoms with Crippen LogP contribution in [-0.2, 0) is 11.3 Å². The molecule has 1 aromatic heterocycles. The highest BCUT2D eigenvalue weighted by Gasteiger charge is 2.63. The Balaban J connectivity index is 1.37. The van der Waals surface area contributed by atoms with E-state index in [1.165, 1.54) is 12.6 Å². The van der Waals surface area contributed by atoms with Gasteiger partial charge in [0.25, 0.3) is 0 Å². The van der Waals surface area contributed by atoms with Gasteiger partial charge in [-0.1, -0.05) is 13.8 Å². The van der Waals surface area contributed by atoms with Gasteiger partial charge < -0.3 is 5.73 Å². The lowest BCUT2D eigenvalue weighted by Crippen LogP contribution is -2.67. The van der Waals surface area contributed by atoms with Crippen molar-refractivity contribution in [3.05, 3.63) is 18.0 Å². The van der Waals surface area contributed by atoms with Crippen molar-refractivity contribution in [3.8, 4) is 12.1 Å². The van der Waals surface area contributed by atoms with Crippen molar-refractivity contribution in [2.45, 2.75) is 77.3 Å². The largest absolute Gasteiger partial charge is 0.324 e. The lowest BCUT2D eigenvalue weighted by Gasteiger charge is -2.61. The second-order valence-electron chi connectivity index (χ2n) is 11.6. The third-order valence-electron chi connectivity index (χ3n) is 10.2. The molecule has 0 bridgehead atoms. The summed E-state index contributed by atoms with van der Waals surface area (Å²) in [6, 6.07) is 4.71. The molecule has 5 rings (SSSR count). The van der Waals surface area contributed by atoms with Crippen LogP contribution in [-0.4, -0.2) is 21.1 Å². The number of nitrogens with zero attached hydrogens (tertiary/aromatic N) is 4. The Morgan fingerprint density at radius 1 is 1.22 bits per heavy atom. The van der Waals surface area contributed by atoms with Crippen LogP contribution in [0, 0.1) is 69.5 Å². The molecule has 2 N–H and O–H groups in total. The molecule has 4 fully saturated rings. The van der Waals surface area contributed by atoms with Crippen LogP contribution in [0.5, 0.6) is 0 Å². The molecule has 32 heavy (non-hydrogen) atoms. The zero-order valence-electron chi connectivity index (χ0n) is 19.3. The highest BCUT2D eigenvalue weighted by atomic mass is 16.1. The van der Waals surface area contributed by atoms with Crippen LogP contribution in [0.25, 0.3) is 0 Å². The quantitative estimate of drug-likeness (QED) is 0.773. The smallest absolute Gasteiger partial charge is 0.157 e. The first-order valence-electron chi connectivity index (χ1n) is 12.4. The molecule has 6 heteroatoms. The van der Waals surface area contributed by atoms with Crippen molar-refractivity contribution in [2.24, 2.45) is 52.6 Å². The number of carbonyl (C=O) groups excluding carboxylic acids is 1. The molecule has 0 radical (unpaired) electrons. The third kappa shape index (κ3) is 3.06. The van der Waals surface area contributed by atoms with Gasteiger partial charge in [0.1, 0.15) is 6.07 Å². The highest BCUT2D eigenvalue weighted by molar-refractivity contribution is 5.82. The number of ketones is 1. The van der Waals surface area contributed by atoms with E-state index < -0.39 is 0 Å². The van der Waals surface area contributed by atoms with Gasteiger partial charge in [0.05, 0.1) is 30.3 Å². The molecule has 0 aliphatic heterocycles. The molecule has 1 unspecified atom stereocenters. The van der Waals surface area contributed by atoms with E-state index in [-0.39, 0.29) is 35.1 Å². The van der Waals surface area contributed by atoms with Crippen LogP contribution >= 0.6 is 0 Å². The monoisotopic (exact) mass is 433 g/mol. The van der Waals surface area contributed by atoms with E-state index in [1.54, 1.807) is 10.9 Å².